The second-order valence-corrected chi connectivity index (χ2v) is 21.6. The topological polar surface area (TPSA) is 0 Å². The molecule has 4 aliphatic carbocycles. The van der Waals surface area contributed by atoms with Crippen LogP contribution in [-0.2, 0) is 10.2 Å². The second kappa shape index (κ2) is 13.7. The van der Waals surface area contributed by atoms with Crippen LogP contribution in [0.4, 0.5) is 0 Å². The molecule has 0 heterocycles. The minimum atomic E-state index is -1.02. The molecule has 48 heavy (non-hydrogen) atoms. The van der Waals surface area contributed by atoms with Gasteiger partial charge < -0.3 is 0 Å². The van der Waals surface area contributed by atoms with Crippen LogP contribution in [0, 0.1) is 0 Å². The predicted molar refractivity (Wildman–Crippen MR) is 212 cm³/mol. The van der Waals surface area contributed by atoms with E-state index in [4.69, 9.17) is 0 Å². The molecule has 8 atom stereocenters. The van der Waals surface area contributed by atoms with E-state index in [-0.39, 0.29) is 10.2 Å². The van der Waals surface area contributed by atoms with E-state index in [1.54, 1.807) is 57.4 Å². The van der Waals surface area contributed by atoms with Crippen LogP contribution in [0.3, 0.4) is 0 Å². The van der Waals surface area contributed by atoms with Crippen LogP contribution >= 0.6 is 7.72 Å². The normalized spacial score (nSPS) is 32.0. The molecular weight excluding hydrogens is 612 g/mol. The maximum absolute atomic E-state index is 2.84. The number of hydrogen-bond acceptors (Lipinski definition) is 0. The van der Waals surface area contributed by atoms with Gasteiger partial charge in [0.15, 0.2) is 0 Å². The van der Waals surface area contributed by atoms with Crippen molar-refractivity contribution in [2.24, 2.45) is 0 Å². The first kappa shape index (κ1) is 34.6. The Morgan fingerprint density at radius 2 is 0.979 bits per heavy atom. The molecule has 0 radical (unpaired) electrons. The average Bonchev–Trinajstić information content (AvgIpc) is 3.86. The lowest BCUT2D eigenvalue weighted by Gasteiger charge is -2.36. The zero-order chi connectivity index (χ0) is 33.8. The van der Waals surface area contributed by atoms with Gasteiger partial charge in [0, 0.05) is 10.2 Å². The summed E-state index contributed by atoms with van der Waals surface area (Å²) in [6.07, 6.45) is 15.6. The van der Waals surface area contributed by atoms with Crippen LogP contribution < -0.4 is 5.19 Å². The van der Waals surface area contributed by atoms with E-state index in [1.807, 2.05) is 0 Å². The Morgan fingerprint density at radius 1 is 0.521 bits per heavy atom. The van der Waals surface area contributed by atoms with Gasteiger partial charge in [0.2, 0.25) is 0 Å². The predicted octanol–water partition coefficient (Wildman–Crippen LogP) is 13.6. The van der Waals surface area contributed by atoms with Crippen LogP contribution in [0.15, 0.2) is 54.6 Å². The van der Waals surface area contributed by atoms with Gasteiger partial charge in [-0.15, -0.1) is 7.72 Å². The Kier molecular flexibility index (Phi) is 9.89. The molecule has 0 fully saturated rings. The molecule has 8 unspecified atom stereocenters. The van der Waals surface area contributed by atoms with Crippen LogP contribution in [0.25, 0.3) is 0 Å². The monoisotopic (exact) mass is 674 g/mol. The van der Waals surface area contributed by atoms with E-state index in [1.165, 1.54) is 77.0 Å². The molecule has 2 heteroatoms. The number of rotatable bonds is 11. The summed E-state index contributed by atoms with van der Waals surface area (Å²) < 4.78 is 0. The summed E-state index contributed by atoms with van der Waals surface area (Å²) in [4.78, 5) is 0. The largest absolute Gasteiger partial charge is 0.118 e. The van der Waals surface area contributed by atoms with Crippen molar-refractivity contribution < 1.29 is 0 Å². The van der Waals surface area contributed by atoms with E-state index >= 15 is 0 Å². The van der Waals surface area contributed by atoms with Gasteiger partial charge in [-0.2, -0.15) is 0 Å². The SMILES string of the molecule is CCC1CC(CC)c2cc3c(cc21)C(CC)CC3(CC)P=[Si](c1ccccc1)C1(CC)CC(CC)c2cc3c(cc21)C(CC)CC3CC. The first-order valence-electron chi connectivity index (χ1n) is 20.4. The van der Waals surface area contributed by atoms with Gasteiger partial charge in [-0.3, -0.25) is 0 Å². The minimum Gasteiger partial charge on any atom is -0.118 e. The highest BCUT2D eigenvalue weighted by molar-refractivity contribution is 7.55. The second-order valence-electron chi connectivity index (χ2n) is 16.3. The lowest BCUT2D eigenvalue weighted by Crippen LogP contribution is -2.43. The van der Waals surface area contributed by atoms with Crippen molar-refractivity contribution in [2.45, 2.75) is 178 Å². The molecule has 0 spiro atoms. The molecule has 0 aliphatic heterocycles. The molecule has 7 rings (SSSR count). The fourth-order valence-corrected chi connectivity index (χ4v) is 20.3. The summed E-state index contributed by atoms with van der Waals surface area (Å²) in [5.41, 5.74) is 14.0. The number of hydrogen-bond donors (Lipinski definition) is 0. The standard InChI is InChI=1S/C46H63PSi/c1-9-30-22-32(11-3)39-26-43-41(24-37(30)39)34(13-5)28-45(43,15-7)47-48(36-20-18-17-19-21-36)46(16-8)29-35(14-6)42-25-38-31(10-2)23-33(12-4)40(38)27-44(42)46/h17-21,24-27,30-35H,9-16,22-23,28-29H2,1-8H3. The number of benzene rings is 3. The maximum Gasteiger partial charge on any atom is 0.0877 e. The summed E-state index contributed by atoms with van der Waals surface area (Å²) in [6, 6.07) is 23.3. The third-order valence-corrected chi connectivity index (χ3v) is 22.5. The zero-order valence-electron chi connectivity index (χ0n) is 31.6. The van der Waals surface area contributed by atoms with Crippen LogP contribution in [0.5, 0.6) is 0 Å². The molecule has 0 nitrogen and oxygen atoms in total. The smallest absolute Gasteiger partial charge is 0.0877 e. The molecule has 0 amide bonds. The Morgan fingerprint density at radius 3 is 1.46 bits per heavy atom. The lowest BCUT2D eigenvalue weighted by atomic mass is 9.90. The third kappa shape index (κ3) is 5.26. The van der Waals surface area contributed by atoms with Crippen molar-refractivity contribution in [3.05, 3.63) is 99.1 Å². The lowest BCUT2D eigenvalue weighted by molar-refractivity contribution is 0.506. The summed E-state index contributed by atoms with van der Waals surface area (Å²) in [7, 11) is 0.735. The summed E-state index contributed by atoms with van der Waals surface area (Å²) in [5, 5.41) is 2.20. The van der Waals surface area contributed by atoms with Gasteiger partial charge in [0.05, 0.1) is 8.05 Å². The summed E-state index contributed by atoms with van der Waals surface area (Å²) in [5.74, 6) is 4.40. The molecular formula is C46H63PSi. The van der Waals surface area contributed by atoms with E-state index in [2.05, 4.69) is 110 Å². The fourth-order valence-electron chi connectivity index (χ4n) is 11.5. The highest BCUT2D eigenvalue weighted by Crippen LogP contribution is 2.61. The molecule has 0 saturated carbocycles. The zero-order valence-corrected chi connectivity index (χ0v) is 33.5. The molecule has 3 aromatic carbocycles. The van der Waals surface area contributed by atoms with Gasteiger partial charge in [0.25, 0.3) is 0 Å². The Labute approximate surface area is 297 Å². The molecule has 4 aliphatic rings. The Balaban J connectivity index is 1.47. The molecule has 256 valence electrons. The highest BCUT2D eigenvalue weighted by Gasteiger charge is 2.50. The van der Waals surface area contributed by atoms with Crippen LogP contribution in [0.1, 0.15) is 212 Å². The highest BCUT2D eigenvalue weighted by atomic mass is 31.2. The van der Waals surface area contributed by atoms with Crippen molar-refractivity contribution in [3.8, 4) is 0 Å². The van der Waals surface area contributed by atoms with Gasteiger partial charge in [-0.25, -0.2) is 0 Å². The van der Waals surface area contributed by atoms with Crippen molar-refractivity contribution >= 4 is 21.0 Å². The Bertz CT molecular complexity index is 1670. The van der Waals surface area contributed by atoms with Gasteiger partial charge >= 0.3 is 0 Å². The van der Waals surface area contributed by atoms with E-state index in [0.29, 0.717) is 11.8 Å². The summed E-state index contributed by atoms with van der Waals surface area (Å²) >= 11 is 0. The first-order chi connectivity index (χ1) is 23.3. The van der Waals surface area contributed by atoms with E-state index in [9.17, 15) is 0 Å². The minimum absolute atomic E-state index is 0.250. The molecule has 0 aromatic heterocycles. The fraction of sp³-hybridized carbons (Fsp3) is 0.609. The first-order valence-corrected chi connectivity index (χ1v) is 23.6. The molecule has 0 bridgehead atoms. The van der Waals surface area contributed by atoms with Gasteiger partial charge in [0.1, 0.15) is 0 Å². The van der Waals surface area contributed by atoms with E-state index < -0.39 is 8.05 Å². The Hall–Kier alpha value is -1.82. The molecule has 3 aromatic rings. The van der Waals surface area contributed by atoms with Gasteiger partial charge in [-0.1, -0.05) is 110 Å². The van der Waals surface area contributed by atoms with E-state index in [0.717, 1.165) is 23.7 Å². The maximum atomic E-state index is 2.84. The quantitative estimate of drug-likeness (QED) is 0.140. The molecule has 0 N–H and O–H groups in total. The van der Waals surface area contributed by atoms with Gasteiger partial charge in [-0.05, 0) is 162 Å². The molecule has 0 saturated heterocycles. The summed E-state index contributed by atoms with van der Waals surface area (Å²) in [6.45, 7) is 19.8. The van der Waals surface area contributed by atoms with Crippen molar-refractivity contribution in [2.75, 3.05) is 0 Å². The van der Waals surface area contributed by atoms with Crippen LogP contribution in [-0.4, -0.2) is 8.05 Å². The van der Waals surface area contributed by atoms with Crippen molar-refractivity contribution in [1.82, 2.24) is 0 Å². The average molecular weight is 675 g/mol. The third-order valence-electron chi connectivity index (χ3n) is 14.5. The van der Waals surface area contributed by atoms with Crippen molar-refractivity contribution in [1.29, 1.82) is 0 Å². The van der Waals surface area contributed by atoms with Crippen molar-refractivity contribution in [3.63, 3.8) is 0 Å². The number of fused-ring (bicyclic) bond motifs is 4. The van der Waals surface area contributed by atoms with Crippen LogP contribution in [0.2, 0.25) is 0 Å².